The van der Waals surface area contributed by atoms with Crippen molar-refractivity contribution in [3.63, 3.8) is 0 Å². The molecule has 2 nitrogen and oxygen atoms in total. The largest absolute Gasteiger partial charge is 0.490 e. The van der Waals surface area contributed by atoms with E-state index in [1.165, 1.54) is 20.9 Å². The van der Waals surface area contributed by atoms with Crippen LogP contribution in [0.5, 0.6) is 11.5 Å². The second kappa shape index (κ2) is 7.32. The van der Waals surface area contributed by atoms with E-state index in [0.717, 1.165) is 11.5 Å². The predicted molar refractivity (Wildman–Crippen MR) is 93.3 cm³/mol. The van der Waals surface area contributed by atoms with E-state index in [4.69, 9.17) is 9.47 Å². The molecular formula is C17H21BrO2S. The summed E-state index contributed by atoms with van der Waals surface area (Å²) in [5.74, 6) is 1.62. The number of hydrogen-bond acceptors (Lipinski definition) is 3. The third-order valence-corrected chi connectivity index (χ3v) is 5.84. The molecule has 2 rings (SSSR count). The average Bonchev–Trinajstić information content (AvgIpc) is 2.80. The van der Waals surface area contributed by atoms with Crippen LogP contribution in [0.4, 0.5) is 0 Å². The van der Waals surface area contributed by atoms with Gasteiger partial charge in [-0.2, -0.15) is 0 Å². The van der Waals surface area contributed by atoms with Crippen LogP contribution in [0.3, 0.4) is 0 Å². The molecule has 1 aromatic heterocycles. The fourth-order valence-corrected chi connectivity index (χ4v) is 3.86. The van der Waals surface area contributed by atoms with Crippen molar-refractivity contribution in [1.29, 1.82) is 0 Å². The van der Waals surface area contributed by atoms with Crippen LogP contribution in [0.25, 0.3) is 0 Å². The summed E-state index contributed by atoms with van der Waals surface area (Å²) in [7, 11) is 0. The lowest BCUT2D eigenvalue weighted by Crippen LogP contribution is -2.00. The zero-order valence-corrected chi connectivity index (χ0v) is 15.3. The number of benzene rings is 1. The molecule has 0 spiro atoms. The van der Waals surface area contributed by atoms with Crippen LogP contribution in [0.1, 0.15) is 39.6 Å². The Balaban J connectivity index is 2.32. The molecule has 4 heteroatoms. The Morgan fingerprint density at radius 3 is 2.29 bits per heavy atom. The SMILES string of the molecule is CCOc1ccc(C(Br)c2cc(C)c(C)s2)cc1OCC. The standard InChI is InChI=1S/C17H21BrO2S/c1-5-19-14-8-7-13(10-15(14)20-6-2)17(18)16-9-11(3)12(4)21-16/h7-10,17H,5-6H2,1-4H3. The number of ether oxygens (including phenoxy) is 2. The number of thiophene rings is 1. The van der Waals surface area contributed by atoms with E-state index in [0.29, 0.717) is 13.2 Å². The Bertz CT molecular complexity index is 587. The van der Waals surface area contributed by atoms with Gasteiger partial charge in [0.25, 0.3) is 0 Å². The molecule has 0 aliphatic rings. The Labute approximate surface area is 139 Å². The molecule has 0 fully saturated rings. The van der Waals surface area contributed by atoms with Crippen LogP contribution < -0.4 is 9.47 Å². The lowest BCUT2D eigenvalue weighted by Gasteiger charge is -2.14. The summed E-state index contributed by atoms with van der Waals surface area (Å²) in [4.78, 5) is 2.87. The van der Waals surface area contributed by atoms with Gasteiger partial charge in [0.1, 0.15) is 0 Å². The van der Waals surface area contributed by atoms with Gasteiger partial charge in [-0.15, -0.1) is 11.3 Å². The minimum absolute atomic E-state index is 0.185. The second-order valence-corrected chi connectivity index (χ2v) is 7.03. The van der Waals surface area contributed by atoms with Crippen LogP contribution in [0.2, 0.25) is 0 Å². The molecule has 0 aliphatic carbocycles. The Hall–Kier alpha value is -1.00. The maximum atomic E-state index is 5.70. The van der Waals surface area contributed by atoms with Crippen LogP contribution in [0.15, 0.2) is 24.3 Å². The first-order valence-corrected chi connectivity index (χ1v) is 8.90. The van der Waals surface area contributed by atoms with Crippen molar-refractivity contribution in [2.45, 2.75) is 32.5 Å². The summed E-state index contributed by atoms with van der Waals surface area (Å²) in [6, 6.07) is 8.40. The molecule has 0 N–H and O–H groups in total. The minimum atomic E-state index is 0.185. The van der Waals surface area contributed by atoms with Gasteiger partial charge in [-0.3, -0.25) is 0 Å². The molecule has 1 aromatic carbocycles. The van der Waals surface area contributed by atoms with E-state index in [9.17, 15) is 0 Å². The summed E-state index contributed by atoms with van der Waals surface area (Å²) in [6.07, 6.45) is 0. The van der Waals surface area contributed by atoms with Crippen molar-refractivity contribution < 1.29 is 9.47 Å². The molecule has 0 amide bonds. The summed E-state index contributed by atoms with van der Waals surface area (Å²) < 4.78 is 11.3. The molecule has 0 saturated heterocycles. The molecule has 0 aliphatic heterocycles. The van der Waals surface area contributed by atoms with Gasteiger partial charge in [-0.25, -0.2) is 0 Å². The first kappa shape index (κ1) is 16.4. The lowest BCUT2D eigenvalue weighted by atomic mass is 10.1. The van der Waals surface area contributed by atoms with E-state index in [1.54, 1.807) is 0 Å². The van der Waals surface area contributed by atoms with Crippen LogP contribution in [-0.2, 0) is 0 Å². The number of alkyl halides is 1. The van der Waals surface area contributed by atoms with E-state index >= 15 is 0 Å². The Kier molecular flexibility index (Phi) is 5.71. The average molecular weight is 369 g/mol. The smallest absolute Gasteiger partial charge is 0.161 e. The monoisotopic (exact) mass is 368 g/mol. The summed E-state index contributed by atoms with van der Waals surface area (Å²) in [6.45, 7) is 9.55. The van der Waals surface area contributed by atoms with Crippen molar-refractivity contribution in [3.8, 4) is 11.5 Å². The number of halogens is 1. The molecule has 1 unspecified atom stereocenters. The highest BCUT2D eigenvalue weighted by atomic mass is 79.9. The molecule has 0 radical (unpaired) electrons. The molecule has 1 heterocycles. The van der Waals surface area contributed by atoms with E-state index < -0.39 is 0 Å². The molecule has 0 bridgehead atoms. The minimum Gasteiger partial charge on any atom is -0.490 e. The Morgan fingerprint density at radius 1 is 1.05 bits per heavy atom. The van der Waals surface area contributed by atoms with Crippen LogP contribution in [-0.4, -0.2) is 13.2 Å². The Morgan fingerprint density at radius 2 is 1.71 bits per heavy atom. The van der Waals surface area contributed by atoms with Crippen molar-refractivity contribution in [3.05, 3.63) is 45.1 Å². The van der Waals surface area contributed by atoms with Gasteiger partial charge in [0.05, 0.1) is 18.0 Å². The van der Waals surface area contributed by atoms with Gasteiger partial charge >= 0.3 is 0 Å². The van der Waals surface area contributed by atoms with Crippen LogP contribution >= 0.6 is 27.3 Å². The summed E-state index contributed by atoms with van der Waals surface area (Å²) in [5.41, 5.74) is 2.53. The molecule has 21 heavy (non-hydrogen) atoms. The first-order valence-electron chi connectivity index (χ1n) is 7.17. The quantitative estimate of drug-likeness (QED) is 0.613. The van der Waals surface area contributed by atoms with E-state index in [-0.39, 0.29) is 4.83 Å². The van der Waals surface area contributed by atoms with Gasteiger partial charge < -0.3 is 9.47 Å². The van der Waals surface area contributed by atoms with Gasteiger partial charge in [0.2, 0.25) is 0 Å². The third-order valence-electron chi connectivity index (χ3n) is 3.29. The number of aryl methyl sites for hydroxylation is 2. The molecule has 1 atom stereocenters. The fourth-order valence-electron chi connectivity index (χ4n) is 2.12. The van der Waals surface area contributed by atoms with Gasteiger partial charge in [-0.1, -0.05) is 22.0 Å². The first-order chi connectivity index (χ1) is 10.1. The van der Waals surface area contributed by atoms with E-state index in [1.807, 2.05) is 31.3 Å². The third kappa shape index (κ3) is 3.80. The van der Waals surface area contributed by atoms with Gasteiger partial charge in [-0.05, 0) is 57.0 Å². The molecule has 2 aromatic rings. The number of rotatable bonds is 6. The normalized spacial score (nSPS) is 12.2. The highest BCUT2D eigenvalue weighted by Gasteiger charge is 2.16. The fraction of sp³-hybridized carbons (Fsp3) is 0.412. The maximum Gasteiger partial charge on any atom is 0.161 e. The van der Waals surface area contributed by atoms with Crippen molar-refractivity contribution in [2.24, 2.45) is 0 Å². The topological polar surface area (TPSA) is 18.5 Å². The second-order valence-electron chi connectivity index (χ2n) is 4.82. The summed E-state index contributed by atoms with van der Waals surface area (Å²) in [5, 5.41) is 0. The molecule has 0 saturated carbocycles. The van der Waals surface area contributed by atoms with Crippen molar-refractivity contribution in [1.82, 2.24) is 0 Å². The van der Waals surface area contributed by atoms with Crippen molar-refractivity contribution in [2.75, 3.05) is 13.2 Å². The maximum absolute atomic E-state index is 5.70. The highest BCUT2D eigenvalue weighted by molar-refractivity contribution is 9.09. The molecular weight excluding hydrogens is 348 g/mol. The zero-order valence-electron chi connectivity index (χ0n) is 12.9. The number of hydrogen-bond donors (Lipinski definition) is 0. The zero-order chi connectivity index (χ0) is 15.4. The molecule has 114 valence electrons. The van der Waals surface area contributed by atoms with Gasteiger partial charge in [0, 0.05) is 9.75 Å². The summed E-state index contributed by atoms with van der Waals surface area (Å²) >= 11 is 5.64. The van der Waals surface area contributed by atoms with Crippen molar-refractivity contribution >= 4 is 27.3 Å². The predicted octanol–water partition coefficient (Wildman–Crippen LogP) is 5.65. The lowest BCUT2D eigenvalue weighted by molar-refractivity contribution is 0.287. The van der Waals surface area contributed by atoms with E-state index in [2.05, 4.69) is 48.0 Å². The van der Waals surface area contributed by atoms with Gasteiger partial charge in [0.15, 0.2) is 11.5 Å². The highest BCUT2D eigenvalue weighted by Crippen LogP contribution is 2.40. The van der Waals surface area contributed by atoms with Crippen LogP contribution in [0, 0.1) is 13.8 Å².